The smallest absolute Gasteiger partial charge is 0.227 e. The normalized spacial score (nSPS) is 12.6. The number of rotatable bonds is 5. The number of pyridine rings is 2. The van der Waals surface area contributed by atoms with E-state index in [1.807, 2.05) is 37.4 Å². The van der Waals surface area contributed by atoms with Crippen LogP contribution in [-0.4, -0.2) is 24.6 Å². The molecule has 10 rings (SSSR count). The molecule has 0 aliphatic carbocycles. The van der Waals surface area contributed by atoms with Gasteiger partial charge in [0.2, 0.25) is 5.71 Å². The van der Waals surface area contributed by atoms with E-state index < -0.39 is 0 Å². The highest BCUT2D eigenvalue weighted by Crippen LogP contribution is 2.46. The van der Waals surface area contributed by atoms with E-state index in [4.69, 9.17) is 18.8 Å². The SMILES string of the molecule is Cc1ccc2c(n1)oc1cc(-c3ccnc(-c4ccc5oc6ccc7c(nc(-c8cc(C(C)(C)C)cc(C(C)(C)C)c8O)n7-c7ccccc7C(C)C)c6c5c4)c3)ccc12. The van der Waals surface area contributed by atoms with Crippen molar-refractivity contribution in [3.63, 3.8) is 0 Å². The number of phenolic OH excluding ortho intramolecular Hbond substituents is 1. The molecule has 298 valence electrons. The number of imidazole rings is 1. The number of phenols is 1. The molecule has 0 saturated carbocycles. The van der Waals surface area contributed by atoms with Gasteiger partial charge in [0, 0.05) is 39.2 Å². The molecule has 0 unspecified atom stereocenters. The van der Waals surface area contributed by atoms with Crippen LogP contribution in [0.1, 0.15) is 83.7 Å². The molecule has 0 atom stereocenters. The molecule has 0 aliphatic heterocycles. The molecule has 0 saturated heterocycles. The Morgan fingerprint density at radius 1 is 0.650 bits per heavy atom. The maximum atomic E-state index is 12.3. The van der Waals surface area contributed by atoms with Crippen LogP contribution in [-0.2, 0) is 10.8 Å². The van der Waals surface area contributed by atoms with Crippen molar-refractivity contribution in [3.05, 3.63) is 138 Å². The number of aromatic nitrogens is 4. The lowest BCUT2D eigenvalue weighted by Crippen LogP contribution is -2.17. The van der Waals surface area contributed by atoms with Gasteiger partial charge in [0.1, 0.15) is 33.8 Å². The Balaban J connectivity index is 1.18. The van der Waals surface area contributed by atoms with E-state index >= 15 is 0 Å². The van der Waals surface area contributed by atoms with Gasteiger partial charge in [-0.05, 0) is 125 Å². The zero-order valence-electron chi connectivity index (χ0n) is 35.6. The van der Waals surface area contributed by atoms with Crippen LogP contribution in [0.3, 0.4) is 0 Å². The lowest BCUT2D eigenvalue weighted by molar-refractivity contribution is 0.446. The predicted molar refractivity (Wildman–Crippen MR) is 245 cm³/mol. The average molecular weight is 789 g/mol. The van der Waals surface area contributed by atoms with Gasteiger partial charge in [-0.15, -0.1) is 0 Å². The van der Waals surface area contributed by atoms with Crippen molar-refractivity contribution in [2.75, 3.05) is 0 Å². The van der Waals surface area contributed by atoms with Crippen LogP contribution < -0.4 is 0 Å². The van der Waals surface area contributed by atoms with E-state index in [0.29, 0.717) is 17.1 Å². The molecule has 0 amide bonds. The second kappa shape index (κ2) is 13.4. The van der Waals surface area contributed by atoms with Crippen molar-refractivity contribution >= 4 is 55.0 Å². The van der Waals surface area contributed by atoms with Gasteiger partial charge in [0.15, 0.2) is 0 Å². The Morgan fingerprint density at radius 2 is 1.40 bits per heavy atom. The summed E-state index contributed by atoms with van der Waals surface area (Å²) in [5.74, 6) is 1.19. The fourth-order valence-corrected chi connectivity index (χ4v) is 8.67. The van der Waals surface area contributed by atoms with Crippen LogP contribution in [0.4, 0.5) is 0 Å². The summed E-state index contributed by atoms with van der Waals surface area (Å²) in [6, 6.07) is 37.8. The first-order valence-corrected chi connectivity index (χ1v) is 20.8. The second-order valence-corrected chi connectivity index (χ2v) is 18.6. The number of nitrogens with zero attached hydrogens (tertiary/aromatic N) is 4. The molecular weight excluding hydrogens is 741 g/mol. The molecular formula is C53H48N4O3. The number of aryl methyl sites for hydroxylation is 1. The Hall–Kier alpha value is -6.73. The molecule has 7 heteroatoms. The van der Waals surface area contributed by atoms with Gasteiger partial charge in [-0.25, -0.2) is 9.97 Å². The van der Waals surface area contributed by atoms with Gasteiger partial charge < -0.3 is 13.9 Å². The minimum atomic E-state index is -0.306. The number of aromatic hydroxyl groups is 1. The van der Waals surface area contributed by atoms with Crippen molar-refractivity contribution < 1.29 is 13.9 Å². The third kappa shape index (κ3) is 6.06. The van der Waals surface area contributed by atoms with E-state index in [0.717, 1.165) is 94.2 Å². The first-order chi connectivity index (χ1) is 28.6. The molecule has 1 N–H and O–H groups in total. The molecule has 0 aliphatic rings. The van der Waals surface area contributed by atoms with Gasteiger partial charge in [-0.2, -0.15) is 0 Å². The summed E-state index contributed by atoms with van der Waals surface area (Å²) in [4.78, 5) is 15.0. The fraction of sp³-hybridized carbons (Fsp3) is 0.226. The number of hydrogen-bond acceptors (Lipinski definition) is 6. The number of benzene rings is 5. The van der Waals surface area contributed by atoms with Crippen LogP contribution in [0.15, 0.2) is 124 Å². The third-order valence-electron chi connectivity index (χ3n) is 11.9. The van der Waals surface area contributed by atoms with Crippen LogP contribution in [0.25, 0.3) is 94.5 Å². The van der Waals surface area contributed by atoms with Crippen molar-refractivity contribution in [1.29, 1.82) is 0 Å². The Morgan fingerprint density at radius 3 is 2.18 bits per heavy atom. The van der Waals surface area contributed by atoms with Crippen LogP contribution in [0.2, 0.25) is 0 Å². The summed E-state index contributed by atoms with van der Waals surface area (Å²) < 4.78 is 15.0. The van der Waals surface area contributed by atoms with Crippen molar-refractivity contribution in [3.8, 4) is 45.2 Å². The summed E-state index contributed by atoms with van der Waals surface area (Å²) in [6.45, 7) is 19.5. The van der Waals surface area contributed by atoms with Crippen molar-refractivity contribution in [2.24, 2.45) is 0 Å². The third-order valence-corrected chi connectivity index (χ3v) is 11.9. The first-order valence-electron chi connectivity index (χ1n) is 20.8. The number of furan rings is 2. The number of para-hydroxylation sites is 1. The molecule has 0 spiro atoms. The van der Waals surface area contributed by atoms with E-state index in [-0.39, 0.29) is 22.5 Å². The topological polar surface area (TPSA) is 90.1 Å². The summed E-state index contributed by atoms with van der Waals surface area (Å²) in [6.07, 6.45) is 1.86. The van der Waals surface area contributed by atoms with E-state index in [1.165, 1.54) is 5.56 Å². The first kappa shape index (κ1) is 37.5. The van der Waals surface area contributed by atoms with Gasteiger partial charge in [0.05, 0.1) is 27.8 Å². The van der Waals surface area contributed by atoms with Crippen LogP contribution >= 0.6 is 0 Å². The standard InChI is InChI=1S/C53H48N4O3/c1-29(2)35-12-10-11-13-42(35)57-43-19-21-45-47(48(43)56-50(57)39-27-34(52(4,5)6)28-40(49(39)58)53(7,8)9)38-24-33(16-20-44(38)59-45)41-25-32(22-23-54-41)31-15-18-36-37-17-14-30(3)55-51(37)60-46(36)26-31/h10-29,58H,1-9H3. The highest BCUT2D eigenvalue weighted by atomic mass is 16.3. The maximum Gasteiger partial charge on any atom is 0.227 e. The largest absolute Gasteiger partial charge is 0.507 e. The average Bonchev–Trinajstić information content (AvgIpc) is 3.90. The van der Waals surface area contributed by atoms with Crippen molar-refractivity contribution in [2.45, 2.75) is 79.1 Å². The molecule has 0 fully saturated rings. The molecule has 60 heavy (non-hydrogen) atoms. The van der Waals surface area contributed by atoms with Crippen LogP contribution in [0, 0.1) is 6.92 Å². The summed E-state index contributed by atoms with van der Waals surface area (Å²) in [5, 5.41) is 16.2. The predicted octanol–water partition coefficient (Wildman–Crippen LogP) is 14.3. The lowest BCUT2D eigenvalue weighted by atomic mass is 9.79. The monoisotopic (exact) mass is 788 g/mol. The summed E-state index contributed by atoms with van der Waals surface area (Å²) in [5.41, 5.74) is 14.0. The number of fused-ring (bicyclic) bond motifs is 8. The minimum Gasteiger partial charge on any atom is -0.507 e. The Kier molecular flexibility index (Phi) is 8.38. The van der Waals surface area contributed by atoms with E-state index in [1.54, 1.807) is 0 Å². The quantitative estimate of drug-likeness (QED) is 0.187. The molecule has 5 aromatic carbocycles. The fourth-order valence-electron chi connectivity index (χ4n) is 8.67. The Bertz CT molecular complexity index is 3350. The molecule has 7 nitrogen and oxygen atoms in total. The second-order valence-electron chi connectivity index (χ2n) is 18.6. The molecule has 10 aromatic rings. The zero-order valence-corrected chi connectivity index (χ0v) is 35.6. The molecule has 0 bridgehead atoms. The zero-order chi connectivity index (χ0) is 41.8. The molecule has 5 heterocycles. The number of hydrogen-bond donors (Lipinski definition) is 1. The highest BCUT2D eigenvalue weighted by Gasteiger charge is 2.29. The van der Waals surface area contributed by atoms with Gasteiger partial charge >= 0.3 is 0 Å². The van der Waals surface area contributed by atoms with Crippen LogP contribution in [0.5, 0.6) is 5.75 Å². The van der Waals surface area contributed by atoms with Gasteiger partial charge in [-0.3, -0.25) is 9.55 Å². The molecule has 0 radical (unpaired) electrons. The van der Waals surface area contributed by atoms with Gasteiger partial charge in [-0.1, -0.05) is 85.7 Å². The summed E-state index contributed by atoms with van der Waals surface area (Å²) >= 11 is 0. The van der Waals surface area contributed by atoms with E-state index in [2.05, 4.69) is 150 Å². The van der Waals surface area contributed by atoms with E-state index in [9.17, 15) is 5.11 Å². The maximum absolute atomic E-state index is 12.3. The van der Waals surface area contributed by atoms with Crippen molar-refractivity contribution in [1.82, 2.24) is 19.5 Å². The Labute approximate surface area is 349 Å². The minimum absolute atomic E-state index is 0.165. The summed E-state index contributed by atoms with van der Waals surface area (Å²) in [7, 11) is 0. The molecule has 5 aromatic heterocycles. The van der Waals surface area contributed by atoms with Gasteiger partial charge in [0.25, 0.3) is 0 Å². The highest BCUT2D eigenvalue weighted by molar-refractivity contribution is 6.18. The lowest BCUT2D eigenvalue weighted by Gasteiger charge is -2.27.